The van der Waals surface area contributed by atoms with Crippen LogP contribution in [0.15, 0.2) is 45.5 Å². The normalized spacial score (nSPS) is 10.8. The van der Waals surface area contributed by atoms with Crippen molar-refractivity contribution in [3.63, 3.8) is 0 Å². The van der Waals surface area contributed by atoms with E-state index in [4.69, 9.17) is 19.4 Å². The Kier molecular flexibility index (Phi) is 3.39. The van der Waals surface area contributed by atoms with E-state index >= 15 is 0 Å². The SMILES string of the molecule is CCc1occc1-c1onc(N)c1-c1ccccc1OC. The highest BCUT2D eigenvalue weighted by molar-refractivity contribution is 5.89. The summed E-state index contributed by atoms with van der Waals surface area (Å²) in [4.78, 5) is 0. The quantitative estimate of drug-likeness (QED) is 0.789. The lowest BCUT2D eigenvalue weighted by molar-refractivity contribution is 0.416. The van der Waals surface area contributed by atoms with Crippen LogP contribution in [0.4, 0.5) is 5.82 Å². The second-order valence-corrected chi connectivity index (χ2v) is 4.58. The first-order valence-corrected chi connectivity index (χ1v) is 6.71. The highest BCUT2D eigenvalue weighted by Gasteiger charge is 2.23. The number of ether oxygens (including phenoxy) is 1. The van der Waals surface area contributed by atoms with Crippen LogP contribution >= 0.6 is 0 Å². The Morgan fingerprint density at radius 1 is 1.19 bits per heavy atom. The van der Waals surface area contributed by atoms with Crippen molar-refractivity contribution in [2.24, 2.45) is 0 Å². The number of furan rings is 1. The van der Waals surface area contributed by atoms with Gasteiger partial charge in [-0.1, -0.05) is 30.3 Å². The molecule has 2 N–H and O–H groups in total. The Morgan fingerprint density at radius 2 is 2.00 bits per heavy atom. The first-order chi connectivity index (χ1) is 10.3. The second kappa shape index (κ2) is 5.36. The molecule has 2 heterocycles. The number of nitrogens with zero attached hydrogens (tertiary/aromatic N) is 1. The van der Waals surface area contributed by atoms with Gasteiger partial charge in [-0.3, -0.25) is 0 Å². The van der Waals surface area contributed by atoms with Crippen molar-refractivity contribution in [2.45, 2.75) is 13.3 Å². The Hall–Kier alpha value is -2.69. The van der Waals surface area contributed by atoms with Crippen LogP contribution in [-0.2, 0) is 6.42 Å². The monoisotopic (exact) mass is 284 g/mol. The number of methoxy groups -OCH3 is 1. The molecule has 0 spiro atoms. The van der Waals surface area contributed by atoms with E-state index < -0.39 is 0 Å². The van der Waals surface area contributed by atoms with Crippen molar-refractivity contribution in [3.8, 4) is 28.2 Å². The number of nitrogens with two attached hydrogens (primary N) is 1. The zero-order valence-corrected chi connectivity index (χ0v) is 11.9. The molecule has 21 heavy (non-hydrogen) atoms. The number of aromatic nitrogens is 1. The number of para-hydroxylation sites is 1. The number of aryl methyl sites for hydroxylation is 1. The van der Waals surface area contributed by atoms with E-state index in [9.17, 15) is 0 Å². The lowest BCUT2D eigenvalue weighted by atomic mass is 10.0. The first kappa shape index (κ1) is 13.3. The van der Waals surface area contributed by atoms with Crippen LogP contribution in [0.1, 0.15) is 12.7 Å². The van der Waals surface area contributed by atoms with Crippen LogP contribution in [0, 0.1) is 0 Å². The summed E-state index contributed by atoms with van der Waals surface area (Å²) in [5.74, 6) is 2.48. The molecule has 0 saturated carbocycles. The maximum atomic E-state index is 6.00. The number of benzene rings is 1. The molecule has 0 atom stereocenters. The third kappa shape index (κ3) is 2.16. The van der Waals surface area contributed by atoms with E-state index in [0.717, 1.165) is 34.6 Å². The molecule has 5 heteroatoms. The van der Waals surface area contributed by atoms with Gasteiger partial charge in [0.25, 0.3) is 0 Å². The highest BCUT2D eigenvalue weighted by Crippen LogP contribution is 2.42. The van der Waals surface area contributed by atoms with Gasteiger partial charge in [0.05, 0.1) is 24.5 Å². The minimum absolute atomic E-state index is 0.331. The molecule has 0 aliphatic rings. The number of anilines is 1. The summed E-state index contributed by atoms with van der Waals surface area (Å²) in [6.45, 7) is 2.02. The van der Waals surface area contributed by atoms with Crippen LogP contribution in [0.3, 0.4) is 0 Å². The molecule has 0 aliphatic heterocycles. The maximum Gasteiger partial charge on any atom is 0.180 e. The molecule has 0 amide bonds. The zero-order chi connectivity index (χ0) is 14.8. The van der Waals surface area contributed by atoms with Gasteiger partial charge in [-0.05, 0) is 12.1 Å². The molecule has 3 aromatic rings. The smallest absolute Gasteiger partial charge is 0.180 e. The summed E-state index contributed by atoms with van der Waals surface area (Å²) >= 11 is 0. The number of nitrogen functional groups attached to an aromatic ring is 1. The van der Waals surface area contributed by atoms with Crippen molar-refractivity contribution in [1.29, 1.82) is 0 Å². The van der Waals surface area contributed by atoms with E-state index in [2.05, 4.69) is 5.16 Å². The molecule has 0 bridgehead atoms. The van der Waals surface area contributed by atoms with Crippen LogP contribution in [0.5, 0.6) is 5.75 Å². The number of rotatable bonds is 4. The summed E-state index contributed by atoms with van der Waals surface area (Å²) < 4.78 is 16.3. The Morgan fingerprint density at radius 3 is 2.76 bits per heavy atom. The predicted molar refractivity (Wildman–Crippen MR) is 80.0 cm³/mol. The van der Waals surface area contributed by atoms with Crippen molar-refractivity contribution >= 4 is 5.82 Å². The third-order valence-electron chi connectivity index (χ3n) is 3.41. The molecule has 0 unspecified atom stereocenters. The standard InChI is InChI=1S/C16H16N2O3/c1-3-12-11(8-9-20-12)15-14(16(17)18-21-15)10-6-4-5-7-13(10)19-2/h4-9H,3H2,1-2H3,(H2,17,18). The first-order valence-electron chi connectivity index (χ1n) is 6.71. The highest BCUT2D eigenvalue weighted by atomic mass is 16.5. The molecule has 0 radical (unpaired) electrons. The Bertz CT molecular complexity index is 758. The van der Waals surface area contributed by atoms with Gasteiger partial charge >= 0.3 is 0 Å². The van der Waals surface area contributed by atoms with Crippen LogP contribution in [0.2, 0.25) is 0 Å². The van der Waals surface area contributed by atoms with Crippen LogP contribution in [-0.4, -0.2) is 12.3 Å². The van der Waals surface area contributed by atoms with E-state index in [-0.39, 0.29) is 0 Å². The summed E-state index contributed by atoms with van der Waals surface area (Å²) in [6.07, 6.45) is 2.40. The fourth-order valence-corrected chi connectivity index (χ4v) is 2.41. The lowest BCUT2D eigenvalue weighted by Crippen LogP contribution is -1.92. The van der Waals surface area contributed by atoms with Gasteiger partial charge in [0.2, 0.25) is 0 Å². The Balaban J connectivity index is 2.23. The van der Waals surface area contributed by atoms with E-state index in [1.165, 1.54) is 0 Å². The predicted octanol–water partition coefficient (Wildman–Crippen LogP) is 3.75. The van der Waals surface area contributed by atoms with Gasteiger partial charge in [-0.15, -0.1) is 0 Å². The molecule has 3 rings (SSSR count). The van der Waals surface area contributed by atoms with Crippen LogP contribution < -0.4 is 10.5 Å². The molecule has 1 aromatic carbocycles. The van der Waals surface area contributed by atoms with Gasteiger partial charge in [0.15, 0.2) is 11.6 Å². The van der Waals surface area contributed by atoms with Gasteiger partial charge < -0.3 is 19.4 Å². The minimum Gasteiger partial charge on any atom is -0.496 e. The van der Waals surface area contributed by atoms with Gasteiger partial charge in [0, 0.05) is 12.0 Å². The molecule has 108 valence electrons. The summed E-state index contributed by atoms with van der Waals surface area (Å²) in [5.41, 5.74) is 8.44. The molecule has 0 saturated heterocycles. The average Bonchev–Trinajstić information content (AvgIpc) is 3.12. The molecular formula is C16H16N2O3. The topological polar surface area (TPSA) is 74.4 Å². The fraction of sp³-hybridized carbons (Fsp3) is 0.188. The van der Waals surface area contributed by atoms with Crippen molar-refractivity contribution in [2.75, 3.05) is 12.8 Å². The second-order valence-electron chi connectivity index (χ2n) is 4.58. The molecule has 0 fully saturated rings. The minimum atomic E-state index is 0.331. The average molecular weight is 284 g/mol. The maximum absolute atomic E-state index is 6.00. The molecule has 5 nitrogen and oxygen atoms in total. The zero-order valence-electron chi connectivity index (χ0n) is 11.9. The van der Waals surface area contributed by atoms with Gasteiger partial charge in [-0.2, -0.15) is 0 Å². The van der Waals surface area contributed by atoms with Gasteiger partial charge in [-0.25, -0.2) is 0 Å². The summed E-state index contributed by atoms with van der Waals surface area (Å²) in [6, 6.07) is 9.49. The third-order valence-corrected chi connectivity index (χ3v) is 3.41. The van der Waals surface area contributed by atoms with E-state index in [0.29, 0.717) is 11.6 Å². The van der Waals surface area contributed by atoms with Crippen LogP contribution in [0.25, 0.3) is 22.5 Å². The van der Waals surface area contributed by atoms with Crippen molar-refractivity contribution < 1.29 is 13.7 Å². The lowest BCUT2D eigenvalue weighted by Gasteiger charge is -2.08. The van der Waals surface area contributed by atoms with E-state index in [1.807, 2.05) is 37.3 Å². The van der Waals surface area contributed by atoms with Crippen molar-refractivity contribution in [3.05, 3.63) is 42.4 Å². The largest absolute Gasteiger partial charge is 0.496 e. The summed E-state index contributed by atoms with van der Waals surface area (Å²) in [5, 5.41) is 3.91. The molecule has 0 aliphatic carbocycles. The van der Waals surface area contributed by atoms with E-state index in [1.54, 1.807) is 13.4 Å². The van der Waals surface area contributed by atoms with Crippen molar-refractivity contribution in [1.82, 2.24) is 5.16 Å². The molecule has 2 aromatic heterocycles. The fourth-order valence-electron chi connectivity index (χ4n) is 2.41. The van der Waals surface area contributed by atoms with Gasteiger partial charge in [0.1, 0.15) is 11.5 Å². The molecular weight excluding hydrogens is 268 g/mol. The number of hydrogen-bond acceptors (Lipinski definition) is 5. The Labute approximate surface area is 122 Å². The number of hydrogen-bond donors (Lipinski definition) is 1. The summed E-state index contributed by atoms with van der Waals surface area (Å²) in [7, 11) is 1.62.